The Hall–Kier alpha value is -0.380. The Kier molecular flexibility index (Phi) is 8.44. The minimum absolute atomic E-state index is 0. The van der Waals surface area contributed by atoms with E-state index in [9.17, 15) is 0 Å². The first-order valence-electron chi connectivity index (χ1n) is 10.7. The Labute approximate surface area is 190 Å². The zero-order valence-electron chi connectivity index (χ0n) is 17.1. The number of ether oxygens (including phenoxy) is 1. The first-order valence-corrected chi connectivity index (χ1v) is 11.6. The molecular formula is C21H35IN4OS. The van der Waals surface area contributed by atoms with Crippen LogP contribution in [0.5, 0.6) is 0 Å². The Balaban J connectivity index is 0.00000225. The van der Waals surface area contributed by atoms with Crippen LogP contribution < -0.4 is 5.32 Å². The minimum atomic E-state index is 0. The molecule has 1 atom stereocenters. The zero-order valence-corrected chi connectivity index (χ0v) is 20.2. The predicted molar refractivity (Wildman–Crippen MR) is 128 cm³/mol. The normalized spacial score (nSPS) is 23.8. The maximum atomic E-state index is 5.57. The highest BCUT2D eigenvalue weighted by atomic mass is 127. The lowest BCUT2D eigenvalue weighted by Gasteiger charge is -2.33. The van der Waals surface area contributed by atoms with Gasteiger partial charge in [0.05, 0.1) is 25.8 Å². The van der Waals surface area contributed by atoms with Crippen molar-refractivity contribution in [2.45, 2.75) is 45.1 Å². The number of nitrogens with zero attached hydrogens (tertiary/aromatic N) is 3. The summed E-state index contributed by atoms with van der Waals surface area (Å²) in [6.07, 6.45) is 7.00. The van der Waals surface area contributed by atoms with Gasteiger partial charge in [-0.3, -0.25) is 9.89 Å². The lowest BCUT2D eigenvalue weighted by Crippen LogP contribution is -2.43. The molecule has 3 aliphatic rings. The van der Waals surface area contributed by atoms with Crippen molar-refractivity contribution in [2.24, 2.45) is 10.4 Å². The van der Waals surface area contributed by atoms with Crippen molar-refractivity contribution in [3.05, 3.63) is 22.4 Å². The van der Waals surface area contributed by atoms with Gasteiger partial charge in [-0.05, 0) is 43.0 Å². The molecule has 1 aromatic rings. The van der Waals surface area contributed by atoms with Crippen LogP contribution in [0.1, 0.15) is 49.9 Å². The molecule has 1 N–H and O–H groups in total. The molecule has 1 aliphatic carbocycles. The summed E-state index contributed by atoms with van der Waals surface area (Å²) in [5.41, 5.74) is 0.577. The smallest absolute Gasteiger partial charge is 0.194 e. The number of guanidine groups is 1. The van der Waals surface area contributed by atoms with Crippen LogP contribution in [-0.4, -0.2) is 68.2 Å². The van der Waals surface area contributed by atoms with Crippen molar-refractivity contribution in [3.63, 3.8) is 0 Å². The van der Waals surface area contributed by atoms with Gasteiger partial charge in [0.2, 0.25) is 0 Å². The summed E-state index contributed by atoms with van der Waals surface area (Å²) in [5.74, 6) is 1.12. The molecule has 0 amide bonds. The van der Waals surface area contributed by atoms with Crippen LogP contribution in [0.25, 0.3) is 0 Å². The highest BCUT2D eigenvalue weighted by molar-refractivity contribution is 14.0. The van der Waals surface area contributed by atoms with E-state index in [1.807, 2.05) is 11.3 Å². The number of nitrogens with one attached hydrogen (secondary N) is 1. The zero-order chi connectivity index (χ0) is 18.5. The van der Waals surface area contributed by atoms with Crippen molar-refractivity contribution >= 4 is 41.3 Å². The molecule has 4 rings (SSSR count). The van der Waals surface area contributed by atoms with Gasteiger partial charge in [0, 0.05) is 37.6 Å². The van der Waals surface area contributed by atoms with Gasteiger partial charge >= 0.3 is 0 Å². The van der Waals surface area contributed by atoms with Crippen LogP contribution in [0.2, 0.25) is 0 Å². The molecule has 2 aliphatic heterocycles. The van der Waals surface area contributed by atoms with Gasteiger partial charge in [0.15, 0.2) is 5.96 Å². The standard InChI is InChI=1S/C21H34N4OS.HI/c1-2-22-20(25-10-9-21(17-25)7-3-4-8-21)23-16-18(19-6-5-15-27-19)24-11-13-26-14-12-24;/h5-6,15,18H,2-4,7-14,16-17H2,1H3,(H,22,23);1H. The van der Waals surface area contributed by atoms with Gasteiger partial charge < -0.3 is 15.0 Å². The van der Waals surface area contributed by atoms with E-state index in [0.29, 0.717) is 11.5 Å². The minimum Gasteiger partial charge on any atom is -0.379 e. The van der Waals surface area contributed by atoms with E-state index in [4.69, 9.17) is 9.73 Å². The second-order valence-electron chi connectivity index (χ2n) is 8.25. The summed E-state index contributed by atoms with van der Waals surface area (Å²) in [6, 6.07) is 4.79. The van der Waals surface area contributed by atoms with Crippen molar-refractivity contribution in [1.82, 2.24) is 15.1 Å². The van der Waals surface area contributed by atoms with E-state index >= 15 is 0 Å². The molecule has 3 fully saturated rings. The molecule has 0 aromatic carbocycles. The fraction of sp³-hybridized carbons (Fsp3) is 0.762. The van der Waals surface area contributed by atoms with Gasteiger partial charge in [-0.2, -0.15) is 0 Å². The summed E-state index contributed by atoms with van der Waals surface area (Å²) in [5, 5.41) is 5.75. The Morgan fingerprint density at radius 2 is 2.04 bits per heavy atom. The van der Waals surface area contributed by atoms with Crippen LogP contribution in [0.4, 0.5) is 0 Å². The molecule has 28 heavy (non-hydrogen) atoms. The lowest BCUT2D eigenvalue weighted by atomic mass is 9.86. The highest BCUT2D eigenvalue weighted by Gasteiger charge is 2.41. The number of rotatable bonds is 5. The van der Waals surface area contributed by atoms with Gasteiger partial charge in [-0.25, -0.2) is 0 Å². The maximum absolute atomic E-state index is 5.57. The third-order valence-electron chi connectivity index (χ3n) is 6.51. The van der Waals surface area contributed by atoms with Crippen LogP contribution in [-0.2, 0) is 4.74 Å². The molecule has 0 radical (unpaired) electrons. The molecule has 3 heterocycles. The molecule has 7 heteroatoms. The van der Waals surface area contributed by atoms with Gasteiger partial charge in [0.25, 0.3) is 0 Å². The molecule has 1 saturated carbocycles. The summed E-state index contributed by atoms with van der Waals surface area (Å²) in [6.45, 7) is 9.96. The van der Waals surface area contributed by atoms with Crippen molar-refractivity contribution in [3.8, 4) is 0 Å². The Bertz CT molecular complexity index is 612. The predicted octanol–water partition coefficient (Wildman–Crippen LogP) is 3.97. The molecule has 0 bridgehead atoms. The van der Waals surface area contributed by atoms with Crippen molar-refractivity contribution in [2.75, 3.05) is 52.5 Å². The van der Waals surface area contributed by atoms with Gasteiger partial charge in [-0.15, -0.1) is 35.3 Å². The summed E-state index contributed by atoms with van der Waals surface area (Å²) >= 11 is 1.85. The third-order valence-corrected chi connectivity index (χ3v) is 7.48. The fourth-order valence-electron chi connectivity index (χ4n) is 5.00. The Morgan fingerprint density at radius 3 is 2.71 bits per heavy atom. The second kappa shape index (κ2) is 10.6. The molecule has 1 aromatic heterocycles. The number of likely N-dealkylation sites (tertiary alicyclic amines) is 1. The van der Waals surface area contributed by atoms with Gasteiger partial charge in [0.1, 0.15) is 0 Å². The third kappa shape index (κ3) is 5.21. The monoisotopic (exact) mass is 518 g/mol. The van der Waals surface area contributed by atoms with E-state index < -0.39 is 0 Å². The number of morpholine rings is 1. The molecule has 2 saturated heterocycles. The average Bonchev–Trinajstić information content (AvgIpc) is 3.46. The van der Waals surface area contributed by atoms with E-state index in [0.717, 1.165) is 51.9 Å². The van der Waals surface area contributed by atoms with Crippen molar-refractivity contribution < 1.29 is 4.74 Å². The number of aliphatic imine (C=N–C) groups is 1. The maximum Gasteiger partial charge on any atom is 0.194 e. The quantitative estimate of drug-likeness (QED) is 0.364. The average molecular weight is 519 g/mol. The van der Waals surface area contributed by atoms with Crippen LogP contribution >= 0.6 is 35.3 Å². The van der Waals surface area contributed by atoms with Crippen molar-refractivity contribution in [1.29, 1.82) is 0 Å². The van der Waals surface area contributed by atoms with E-state index in [1.165, 1.54) is 43.5 Å². The van der Waals surface area contributed by atoms with Crippen LogP contribution in [0.3, 0.4) is 0 Å². The number of hydrogen-bond donors (Lipinski definition) is 1. The molecule has 1 unspecified atom stereocenters. The summed E-state index contributed by atoms with van der Waals surface area (Å²) in [7, 11) is 0. The summed E-state index contributed by atoms with van der Waals surface area (Å²) in [4.78, 5) is 11.6. The molecule has 5 nitrogen and oxygen atoms in total. The molecular weight excluding hydrogens is 483 g/mol. The number of thiophene rings is 1. The van der Waals surface area contributed by atoms with E-state index in [2.05, 4.69) is 39.6 Å². The van der Waals surface area contributed by atoms with Gasteiger partial charge in [-0.1, -0.05) is 18.9 Å². The van der Waals surface area contributed by atoms with Crippen LogP contribution in [0.15, 0.2) is 22.5 Å². The lowest BCUT2D eigenvalue weighted by molar-refractivity contribution is 0.0186. The Morgan fingerprint density at radius 1 is 1.25 bits per heavy atom. The fourth-order valence-corrected chi connectivity index (χ4v) is 5.86. The van der Waals surface area contributed by atoms with E-state index in [1.54, 1.807) is 0 Å². The molecule has 158 valence electrons. The number of halogens is 1. The van der Waals surface area contributed by atoms with Crippen LogP contribution in [0, 0.1) is 5.41 Å². The highest BCUT2D eigenvalue weighted by Crippen LogP contribution is 2.45. The number of hydrogen-bond acceptors (Lipinski definition) is 4. The topological polar surface area (TPSA) is 40.1 Å². The second-order valence-corrected chi connectivity index (χ2v) is 9.23. The molecule has 1 spiro atoms. The largest absolute Gasteiger partial charge is 0.379 e. The first-order chi connectivity index (χ1) is 13.3. The SMILES string of the molecule is CCNC(=NCC(c1cccs1)N1CCOCC1)N1CCC2(CCCC2)C1.I. The summed E-state index contributed by atoms with van der Waals surface area (Å²) < 4.78 is 5.57. The first kappa shape index (κ1) is 22.3. The van der Waals surface area contributed by atoms with E-state index in [-0.39, 0.29) is 24.0 Å².